The first-order valence-electron chi connectivity index (χ1n) is 11.6. The van der Waals surface area contributed by atoms with Gasteiger partial charge in [-0.05, 0) is 42.2 Å². The molecule has 0 aliphatic rings. The first-order chi connectivity index (χ1) is 17.2. The SMILES string of the molecule is C/C(=N\NC(=O)CSc1nnc(-c2ccc(C(C)(C)C)cc2)n1-c1ccccc1)c1ccccc1O. The van der Waals surface area contributed by atoms with Gasteiger partial charge in [-0.25, -0.2) is 5.43 Å². The molecule has 0 radical (unpaired) electrons. The maximum absolute atomic E-state index is 12.5. The van der Waals surface area contributed by atoms with Crippen LogP contribution in [0.1, 0.15) is 38.8 Å². The molecule has 4 aromatic rings. The number of aromatic hydroxyl groups is 1. The van der Waals surface area contributed by atoms with Crippen LogP contribution in [0.5, 0.6) is 5.75 Å². The predicted octanol–water partition coefficient (Wildman–Crippen LogP) is 5.57. The summed E-state index contributed by atoms with van der Waals surface area (Å²) >= 11 is 1.28. The van der Waals surface area contributed by atoms with Gasteiger partial charge in [0.2, 0.25) is 0 Å². The molecule has 1 aromatic heterocycles. The number of phenolic OH excluding ortho intramolecular Hbond substituents is 1. The molecule has 4 rings (SSSR count). The van der Waals surface area contributed by atoms with Gasteiger partial charge in [-0.15, -0.1) is 10.2 Å². The van der Waals surface area contributed by atoms with Crippen molar-refractivity contribution in [3.63, 3.8) is 0 Å². The van der Waals surface area contributed by atoms with Crippen LogP contribution in [0.15, 0.2) is 89.1 Å². The van der Waals surface area contributed by atoms with Crippen molar-refractivity contribution in [3.05, 3.63) is 90.0 Å². The maximum atomic E-state index is 12.5. The summed E-state index contributed by atoms with van der Waals surface area (Å²) in [7, 11) is 0. The monoisotopic (exact) mass is 499 g/mol. The van der Waals surface area contributed by atoms with E-state index in [1.165, 1.54) is 17.3 Å². The fourth-order valence-corrected chi connectivity index (χ4v) is 4.37. The summed E-state index contributed by atoms with van der Waals surface area (Å²) in [4.78, 5) is 12.5. The van der Waals surface area contributed by atoms with Crippen molar-refractivity contribution in [2.75, 3.05) is 5.75 Å². The van der Waals surface area contributed by atoms with Gasteiger partial charge < -0.3 is 5.11 Å². The van der Waals surface area contributed by atoms with E-state index in [9.17, 15) is 9.90 Å². The van der Waals surface area contributed by atoms with Gasteiger partial charge in [0.25, 0.3) is 5.91 Å². The van der Waals surface area contributed by atoms with E-state index in [0.29, 0.717) is 22.3 Å². The number of benzene rings is 3. The quantitative estimate of drug-likeness (QED) is 0.197. The average molecular weight is 500 g/mol. The Morgan fingerprint density at radius 1 is 0.972 bits per heavy atom. The van der Waals surface area contributed by atoms with Crippen LogP contribution in [-0.2, 0) is 10.2 Å². The molecule has 1 heterocycles. The summed E-state index contributed by atoms with van der Waals surface area (Å²) in [5.41, 5.74) is 6.78. The lowest BCUT2D eigenvalue weighted by Crippen LogP contribution is -2.21. The zero-order valence-electron chi connectivity index (χ0n) is 20.8. The number of phenols is 1. The summed E-state index contributed by atoms with van der Waals surface area (Å²) < 4.78 is 1.96. The summed E-state index contributed by atoms with van der Waals surface area (Å²) in [6, 6.07) is 25.0. The third kappa shape index (κ3) is 5.83. The number of nitrogens with one attached hydrogen (secondary N) is 1. The van der Waals surface area contributed by atoms with Crippen LogP contribution in [-0.4, -0.2) is 37.2 Å². The number of hydrogen-bond donors (Lipinski definition) is 2. The molecule has 184 valence electrons. The third-order valence-corrected chi connectivity index (χ3v) is 6.56. The molecule has 0 saturated heterocycles. The van der Waals surface area contributed by atoms with Crippen LogP contribution in [0.4, 0.5) is 0 Å². The van der Waals surface area contributed by atoms with Gasteiger partial charge in [-0.2, -0.15) is 5.10 Å². The van der Waals surface area contributed by atoms with E-state index in [1.54, 1.807) is 31.2 Å². The van der Waals surface area contributed by atoms with Crippen LogP contribution in [0.25, 0.3) is 17.1 Å². The van der Waals surface area contributed by atoms with Gasteiger partial charge in [-0.3, -0.25) is 9.36 Å². The van der Waals surface area contributed by atoms with Crippen molar-refractivity contribution in [2.45, 2.75) is 38.3 Å². The summed E-state index contributed by atoms with van der Waals surface area (Å²) in [6.45, 7) is 8.28. The highest BCUT2D eigenvalue weighted by Gasteiger charge is 2.19. The minimum atomic E-state index is -0.284. The minimum absolute atomic E-state index is 0.0557. The lowest BCUT2D eigenvalue weighted by molar-refractivity contribution is -0.118. The van der Waals surface area contributed by atoms with E-state index in [0.717, 1.165) is 11.3 Å². The molecular weight excluding hydrogens is 470 g/mol. The van der Waals surface area contributed by atoms with Crippen molar-refractivity contribution in [1.82, 2.24) is 20.2 Å². The third-order valence-electron chi connectivity index (χ3n) is 5.63. The van der Waals surface area contributed by atoms with Gasteiger partial charge in [0, 0.05) is 16.8 Å². The highest BCUT2D eigenvalue weighted by atomic mass is 32.2. The Balaban J connectivity index is 1.54. The number of hydrazone groups is 1. The molecule has 0 atom stereocenters. The van der Waals surface area contributed by atoms with Crippen LogP contribution in [0.3, 0.4) is 0 Å². The number of aromatic nitrogens is 3. The summed E-state index contributed by atoms with van der Waals surface area (Å²) in [5.74, 6) is 0.638. The van der Waals surface area contributed by atoms with Gasteiger partial charge in [0.1, 0.15) is 5.75 Å². The van der Waals surface area contributed by atoms with E-state index in [4.69, 9.17) is 0 Å². The van der Waals surface area contributed by atoms with Crippen LogP contribution < -0.4 is 5.43 Å². The van der Waals surface area contributed by atoms with E-state index < -0.39 is 0 Å². The summed E-state index contributed by atoms with van der Waals surface area (Å²) in [6.07, 6.45) is 0. The Kier molecular flexibility index (Phi) is 7.55. The molecule has 0 fully saturated rings. The molecule has 3 aromatic carbocycles. The average Bonchev–Trinajstić information content (AvgIpc) is 3.30. The number of hydrogen-bond acceptors (Lipinski definition) is 6. The van der Waals surface area contributed by atoms with Crippen LogP contribution in [0, 0.1) is 0 Å². The highest BCUT2D eigenvalue weighted by molar-refractivity contribution is 7.99. The molecule has 0 saturated carbocycles. The molecular formula is C28H29N5O2S. The number of nitrogens with zero attached hydrogens (tertiary/aromatic N) is 4. The normalized spacial score (nSPS) is 11.9. The number of thioether (sulfide) groups is 1. The Labute approximate surface area is 215 Å². The van der Waals surface area contributed by atoms with Crippen molar-refractivity contribution < 1.29 is 9.90 Å². The molecule has 1 amide bonds. The van der Waals surface area contributed by atoms with E-state index in [2.05, 4.69) is 65.8 Å². The van der Waals surface area contributed by atoms with Crippen LogP contribution in [0.2, 0.25) is 0 Å². The second kappa shape index (κ2) is 10.8. The topological polar surface area (TPSA) is 92.4 Å². The van der Waals surface area contributed by atoms with Gasteiger partial charge in [-0.1, -0.05) is 87.1 Å². The van der Waals surface area contributed by atoms with Gasteiger partial charge in [0.15, 0.2) is 11.0 Å². The maximum Gasteiger partial charge on any atom is 0.250 e. The number of carbonyl (C=O) groups is 1. The van der Waals surface area contributed by atoms with Crippen molar-refractivity contribution in [2.24, 2.45) is 5.10 Å². The molecule has 36 heavy (non-hydrogen) atoms. The Bertz CT molecular complexity index is 1370. The fraction of sp³-hybridized carbons (Fsp3) is 0.214. The Hall–Kier alpha value is -3.91. The second-order valence-electron chi connectivity index (χ2n) is 9.34. The number of carbonyl (C=O) groups excluding carboxylic acids is 1. The highest BCUT2D eigenvalue weighted by Crippen LogP contribution is 2.30. The molecule has 0 aliphatic carbocycles. The van der Waals surface area contributed by atoms with Crippen molar-refractivity contribution in [1.29, 1.82) is 0 Å². The smallest absolute Gasteiger partial charge is 0.250 e. The lowest BCUT2D eigenvalue weighted by atomic mass is 9.87. The standard InChI is InChI=1S/C28H29N5O2S/c1-19(23-12-8-9-13-24(23)34)29-30-25(35)18-36-27-32-31-26(33(27)22-10-6-5-7-11-22)20-14-16-21(17-15-20)28(2,3)4/h5-17,34H,18H2,1-4H3,(H,30,35)/b29-19+. The van der Waals surface area contributed by atoms with E-state index in [-0.39, 0.29) is 22.8 Å². The molecule has 0 bridgehead atoms. The largest absolute Gasteiger partial charge is 0.507 e. The van der Waals surface area contributed by atoms with E-state index >= 15 is 0 Å². The molecule has 0 spiro atoms. The van der Waals surface area contributed by atoms with Crippen molar-refractivity contribution >= 4 is 23.4 Å². The van der Waals surface area contributed by atoms with Crippen LogP contribution >= 0.6 is 11.8 Å². The van der Waals surface area contributed by atoms with Crippen molar-refractivity contribution in [3.8, 4) is 22.8 Å². The fourth-order valence-electron chi connectivity index (χ4n) is 3.63. The number of para-hydroxylation sites is 2. The molecule has 0 aliphatic heterocycles. The lowest BCUT2D eigenvalue weighted by Gasteiger charge is -2.19. The van der Waals surface area contributed by atoms with Gasteiger partial charge >= 0.3 is 0 Å². The molecule has 7 nitrogen and oxygen atoms in total. The first-order valence-corrected chi connectivity index (χ1v) is 12.6. The zero-order valence-corrected chi connectivity index (χ0v) is 21.6. The minimum Gasteiger partial charge on any atom is -0.507 e. The summed E-state index contributed by atoms with van der Waals surface area (Å²) in [5, 5.41) is 23.6. The zero-order chi connectivity index (χ0) is 25.7. The second-order valence-corrected chi connectivity index (χ2v) is 10.3. The molecule has 0 unspecified atom stereocenters. The number of rotatable bonds is 7. The van der Waals surface area contributed by atoms with E-state index in [1.807, 2.05) is 34.9 Å². The number of amides is 1. The first kappa shape index (κ1) is 25.2. The predicted molar refractivity (Wildman–Crippen MR) is 145 cm³/mol. The Morgan fingerprint density at radius 3 is 2.31 bits per heavy atom. The Morgan fingerprint density at radius 2 is 1.64 bits per heavy atom. The molecule has 8 heteroatoms. The van der Waals surface area contributed by atoms with Gasteiger partial charge in [0.05, 0.1) is 11.5 Å². The molecule has 2 N–H and O–H groups in total.